The van der Waals surface area contributed by atoms with E-state index in [1.54, 1.807) is 18.2 Å². The SMILES string of the molecule is O=C(OCCOCCOCCOCCO)c1ccc2[nH]c(-c3ccccc3)cc(=O)c2c1. The van der Waals surface area contributed by atoms with Gasteiger partial charge in [0.25, 0.3) is 0 Å². The van der Waals surface area contributed by atoms with E-state index in [1.165, 1.54) is 6.07 Å². The van der Waals surface area contributed by atoms with Crippen LogP contribution in [0, 0.1) is 0 Å². The Morgan fingerprint density at radius 3 is 2.16 bits per heavy atom. The molecule has 0 radical (unpaired) electrons. The molecule has 0 bridgehead atoms. The number of nitrogens with one attached hydrogen (secondary N) is 1. The Bertz CT molecular complexity index is 1050. The number of benzene rings is 2. The predicted octanol–water partition coefficient (Wildman–Crippen LogP) is 2.39. The molecule has 8 nitrogen and oxygen atoms in total. The molecular formula is C24H27NO7. The van der Waals surface area contributed by atoms with Crippen LogP contribution in [0.5, 0.6) is 0 Å². The summed E-state index contributed by atoms with van der Waals surface area (Å²) in [4.78, 5) is 28.1. The quantitative estimate of drug-likeness (QED) is 0.310. The van der Waals surface area contributed by atoms with Gasteiger partial charge < -0.3 is 29.0 Å². The van der Waals surface area contributed by atoms with Crippen molar-refractivity contribution < 1.29 is 28.8 Å². The molecule has 3 rings (SSSR count). The van der Waals surface area contributed by atoms with Gasteiger partial charge in [-0.3, -0.25) is 4.79 Å². The number of carbonyl (C=O) groups excluding carboxylic acids is 1. The summed E-state index contributed by atoms with van der Waals surface area (Å²) in [5.74, 6) is -0.515. The monoisotopic (exact) mass is 441 g/mol. The van der Waals surface area contributed by atoms with Crippen LogP contribution in [0.25, 0.3) is 22.2 Å². The molecule has 32 heavy (non-hydrogen) atoms. The van der Waals surface area contributed by atoms with Crippen LogP contribution < -0.4 is 5.43 Å². The number of aromatic amines is 1. The van der Waals surface area contributed by atoms with Crippen LogP contribution in [-0.2, 0) is 18.9 Å². The van der Waals surface area contributed by atoms with Crippen molar-refractivity contribution in [1.29, 1.82) is 0 Å². The zero-order valence-electron chi connectivity index (χ0n) is 17.7. The van der Waals surface area contributed by atoms with E-state index < -0.39 is 5.97 Å². The average Bonchev–Trinajstić information content (AvgIpc) is 2.82. The summed E-state index contributed by atoms with van der Waals surface area (Å²) in [5, 5.41) is 9.00. The minimum absolute atomic E-state index is 0.00722. The maximum Gasteiger partial charge on any atom is 0.338 e. The average molecular weight is 441 g/mol. The highest BCUT2D eigenvalue weighted by atomic mass is 16.6. The lowest BCUT2D eigenvalue weighted by atomic mass is 10.1. The molecule has 0 fully saturated rings. The second kappa shape index (κ2) is 12.7. The van der Waals surface area contributed by atoms with E-state index in [1.807, 2.05) is 30.3 Å². The Hall–Kier alpha value is -3.04. The van der Waals surface area contributed by atoms with Gasteiger partial charge in [-0.2, -0.15) is 0 Å². The predicted molar refractivity (Wildman–Crippen MR) is 120 cm³/mol. The third-order valence-electron chi connectivity index (χ3n) is 4.59. The molecule has 2 aromatic carbocycles. The third-order valence-corrected chi connectivity index (χ3v) is 4.59. The van der Waals surface area contributed by atoms with Gasteiger partial charge in [0.15, 0.2) is 5.43 Å². The van der Waals surface area contributed by atoms with Crippen LogP contribution in [0.3, 0.4) is 0 Å². The Morgan fingerprint density at radius 1 is 0.812 bits per heavy atom. The number of H-pyrrole nitrogens is 1. The minimum atomic E-state index is -0.515. The highest BCUT2D eigenvalue weighted by Crippen LogP contribution is 2.19. The van der Waals surface area contributed by atoms with E-state index >= 15 is 0 Å². The molecule has 1 aromatic heterocycles. The van der Waals surface area contributed by atoms with E-state index in [0.717, 1.165) is 11.3 Å². The van der Waals surface area contributed by atoms with Crippen LogP contribution >= 0.6 is 0 Å². The number of aliphatic hydroxyl groups is 1. The highest BCUT2D eigenvalue weighted by Gasteiger charge is 2.11. The van der Waals surface area contributed by atoms with Gasteiger partial charge in [-0.1, -0.05) is 30.3 Å². The first-order valence-electron chi connectivity index (χ1n) is 10.4. The van der Waals surface area contributed by atoms with E-state index in [2.05, 4.69) is 4.98 Å². The van der Waals surface area contributed by atoms with Crippen molar-refractivity contribution >= 4 is 16.9 Å². The van der Waals surface area contributed by atoms with Crippen molar-refractivity contribution in [2.45, 2.75) is 0 Å². The van der Waals surface area contributed by atoms with E-state index in [0.29, 0.717) is 49.5 Å². The fourth-order valence-electron chi connectivity index (χ4n) is 3.03. The van der Waals surface area contributed by atoms with Crippen molar-refractivity contribution in [2.24, 2.45) is 0 Å². The Morgan fingerprint density at radius 2 is 1.47 bits per heavy atom. The molecule has 1 heterocycles. The molecule has 0 aliphatic rings. The van der Waals surface area contributed by atoms with Crippen molar-refractivity contribution in [1.82, 2.24) is 4.98 Å². The largest absolute Gasteiger partial charge is 0.460 e. The summed E-state index contributed by atoms with van der Waals surface area (Å²) in [7, 11) is 0. The Kier molecular flexibility index (Phi) is 9.39. The van der Waals surface area contributed by atoms with Crippen LogP contribution in [0.4, 0.5) is 0 Å². The van der Waals surface area contributed by atoms with Crippen molar-refractivity contribution in [2.75, 3.05) is 52.9 Å². The maximum atomic E-state index is 12.6. The molecule has 0 saturated heterocycles. The number of aromatic nitrogens is 1. The van der Waals surface area contributed by atoms with Gasteiger partial charge in [-0.25, -0.2) is 4.79 Å². The molecule has 170 valence electrons. The lowest BCUT2D eigenvalue weighted by Gasteiger charge is -2.08. The van der Waals surface area contributed by atoms with Crippen molar-refractivity contribution in [3.8, 4) is 11.3 Å². The molecule has 0 atom stereocenters. The van der Waals surface area contributed by atoms with Gasteiger partial charge in [-0.15, -0.1) is 0 Å². The zero-order valence-corrected chi connectivity index (χ0v) is 17.7. The number of fused-ring (bicyclic) bond motifs is 1. The van der Waals surface area contributed by atoms with E-state index in [9.17, 15) is 9.59 Å². The molecule has 0 aliphatic carbocycles. The number of pyridine rings is 1. The number of esters is 1. The first-order chi connectivity index (χ1) is 15.7. The van der Waals surface area contributed by atoms with Crippen LogP contribution in [0.1, 0.15) is 10.4 Å². The summed E-state index contributed by atoms with van der Waals surface area (Å²) in [6.07, 6.45) is 0. The number of aliphatic hydroxyl groups excluding tert-OH is 1. The summed E-state index contributed by atoms with van der Waals surface area (Å²) < 4.78 is 20.9. The van der Waals surface area contributed by atoms with Gasteiger partial charge in [0.1, 0.15) is 6.61 Å². The smallest absolute Gasteiger partial charge is 0.338 e. The molecule has 0 amide bonds. The highest BCUT2D eigenvalue weighted by molar-refractivity contribution is 5.94. The lowest BCUT2D eigenvalue weighted by Crippen LogP contribution is -2.14. The standard InChI is InChI=1S/C24H27NO7/c26-8-9-29-10-11-30-12-13-31-14-15-32-24(28)19-6-7-21-20(16-19)23(27)17-22(25-21)18-4-2-1-3-5-18/h1-7,16-17,26H,8-15H2,(H,25,27). The molecule has 8 heteroatoms. The zero-order chi connectivity index (χ0) is 22.6. The summed E-state index contributed by atoms with van der Waals surface area (Å²) in [6, 6.07) is 16.0. The number of rotatable bonds is 13. The van der Waals surface area contributed by atoms with Gasteiger partial charge >= 0.3 is 5.97 Å². The second-order valence-electron chi connectivity index (χ2n) is 6.87. The van der Waals surface area contributed by atoms with Crippen LogP contribution in [0.15, 0.2) is 59.4 Å². The summed E-state index contributed by atoms with van der Waals surface area (Å²) in [5.41, 5.74) is 2.42. The number of hydrogen-bond acceptors (Lipinski definition) is 7. The van der Waals surface area contributed by atoms with Gasteiger partial charge in [-0.05, 0) is 23.8 Å². The van der Waals surface area contributed by atoms with Crippen molar-refractivity contribution in [3.63, 3.8) is 0 Å². The number of carbonyl (C=O) groups is 1. The Balaban J connectivity index is 1.45. The third kappa shape index (κ3) is 7.00. The molecule has 0 unspecified atom stereocenters. The molecule has 0 spiro atoms. The molecule has 3 aromatic rings. The molecule has 2 N–H and O–H groups in total. The van der Waals surface area contributed by atoms with Gasteiger partial charge in [0.2, 0.25) is 0 Å². The van der Waals surface area contributed by atoms with Crippen LogP contribution in [0.2, 0.25) is 0 Å². The number of ether oxygens (including phenoxy) is 4. The van der Waals surface area contributed by atoms with E-state index in [4.69, 9.17) is 24.1 Å². The fraction of sp³-hybridized carbons (Fsp3) is 0.333. The maximum absolute atomic E-state index is 12.6. The minimum Gasteiger partial charge on any atom is -0.460 e. The first-order valence-corrected chi connectivity index (χ1v) is 10.4. The fourth-order valence-corrected chi connectivity index (χ4v) is 3.03. The lowest BCUT2D eigenvalue weighted by molar-refractivity contribution is -0.00313. The first kappa shape index (κ1) is 23.6. The molecular weight excluding hydrogens is 414 g/mol. The second-order valence-corrected chi connectivity index (χ2v) is 6.87. The topological polar surface area (TPSA) is 107 Å². The van der Waals surface area contributed by atoms with E-state index in [-0.39, 0.29) is 25.2 Å². The Labute approximate surface area is 185 Å². The molecule has 0 saturated carbocycles. The van der Waals surface area contributed by atoms with Crippen molar-refractivity contribution in [3.05, 3.63) is 70.4 Å². The summed E-state index contributed by atoms with van der Waals surface area (Å²) in [6.45, 7) is 2.23. The number of hydrogen-bond donors (Lipinski definition) is 2. The van der Waals surface area contributed by atoms with Gasteiger partial charge in [0.05, 0.1) is 51.8 Å². The molecule has 0 aliphatic heterocycles. The normalized spacial score (nSPS) is 11.0. The summed E-state index contributed by atoms with van der Waals surface area (Å²) >= 11 is 0. The van der Waals surface area contributed by atoms with Gasteiger partial charge in [0, 0.05) is 22.7 Å². The van der Waals surface area contributed by atoms with Crippen LogP contribution in [-0.4, -0.2) is 68.9 Å².